The maximum atomic E-state index is 10.1. The van der Waals surface area contributed by atoms with Crippen LogP contribution in [0, 0.1) is 0 Å². The Hall–Kier alpha value is -0.380. The van der Waals surface area contributed by atoms with E-state index < -0.39 is 9.84 Å². The summed E-state index contributed by atoms with van der Waals surface area (Å²) in [7, 11) is -2.88. The second-order valence-corrected chi connectivity index (χ2v) is 3.64. The lowest BCUT2D eigenvalue weighted by Crippen LogP contribution is -2.36. The van der Waals surface area contributed by atoms with Crippen LogP contribution in [-0.2, 0) is 14.6 Å². The maximum absolute atomic E-state index is 10.1. The van der Waals surface area contributed by atoms with Gasteiger partial charge in [-0.2, -0.15) is 0 Å². The van der Waals surface area contributed by atoms with Crippen LogP contribution >= 0.6 is 0 Å². The Bertz CT molecular complexity index is 174. The molecule has 0 N–H and O–H groups in total. The van der Waals surface area contributed by atoms with E-state index in [0.29, 0.717) is 0 Å². The van der Waals surface area contributed by atoms with E-state index in [0.717, 1.165) is 0 Å². The average molecular weight is 120 g/mol. The molecule has 0 aromatic rings. The number of rotatable bonds is 0. The molecule has 7 heavy (non-hydrogen) atoms. The highest BCUT2D eigenvalue weighted by Crippen LogP contribution is 2.02. The molecule has 1 fully saturated rings. The molecule has 0 saturated carbocycles. The van der Waals surface area contributed by atoms with Crippen LogP contribution in [0.3, 0.4) is 0 Å². The molecular weight excluding hydrogens is 116 g/mol. The normalized spacial score (nSPS) is 26.6. The number of hydrogen-bond donors (Lipinski definition) is 0. The van der Waals surface area contributed by atoms with E-state index in [-0.39, 0.29) is 17.3 Å². The van der Waals surface area contributed by atoms with Crippen molar-refractivity contribution in [3.05, 3.63) is 0 Å². The van der Waals surface area contributed by atoms with Gasteiger partial charge in [0.05, 0.1) is 0 Å². The zero-order chi connectivity index (χ0) is 5.49. The van der Waals surface area contributed by atoms with Gasteiger partial charge in [0, 0.05) is 0 Å². The number of carbonyl (C=O) groups excluding carboxylic acids is 1. The Morgan fingerprint density at radius 2 is 1.71 bits per heavy atom. The quantitative estimate of drug-likeness (QED) is 0.411. The van der Waals surface area contributed by atoms with E-state index in [1.54, 1.807) is 0 Å². The minimum absolute atomic E-state index is 0.167. The molecule has 1 rings (SSSR count). The van der Waals surface area contributed by atoms with Crippen molar-refractivity contribution >= 4 is 15.6 Å². The summed E-state index contributed by atoms with van der Waals surface area (Å²) in [5.41, 5.74) is 0. The second kappa shape index (κ2) is 1.06. The van der Waals surface area contributed by atoms with Gasteiger partial charge in [0.2, 0.25) is 0 Å². The van der Waals surface area contributed by atoms with Crippen molar-refractivity contribution in [2.24, 2.45) is 0 Å². The molecule has 40 valence electrons. The molecule has 0 bridgehead atoms. The Labute approximate surface area is 41.3 Å². The lowest BCUT2D eigenvalue weighted by Gasteiger charge is -2.08. The molecule has 4 heteroatoms. The van der Waals surface area contributed by atoms with Crippen molar-refractivity contribution in [3.63, 3.8) is 0 Å². The standard InChI is InChI=1S/C3H4O3S/c4-3-1-7(5,6)2-3/h1-2H2. The third-order valence-electron chi connectivity index (χ3n) is 0.762. The Balaban J connectivity index is 2.79. The first-order valence-corrected chi connectivity index (χ1v) is 3.64. The predicted octanol–water partition coefficient (Wildman–Crippen LogP) is -1.02. The molecule has 0 spiro atoms. The molecule has 0 atom stereocenters. The van der Waals surface area contributed by atoms with E-state index in [4.69, 9.17) is 0 Å². The summed E-state index contributed by atoms with van der Waals surface area (Å²) in [6.07, 6.45) is 0. The minimum atomic E-state index is -2.88. The number of Topliss-reactive ketones (excluding diaryl/α,β-unsaturated/α-hetero) is 1. The van der Waals surface area contributed by atoms with Gasteiger partial charge in [0.1, 0.15) is 11.5 Å². The lowest BCUT2D eigenvalue weighted by molar-refractivity contribution is -0.115. The van der Waals surface area contributed by atoms with Crippen LogP contribution in [0.1, 0.15) is 0 Å². The molecular formula is C3H4O3S. The smallest absolute Gasteiger partial charge is 0.164 e. The van der Waals surface area contributed by atoms with Crippen LogP contribution in [0.2, 0.25) is 0 Å². The molecule has 1 aliphatic rings. The number of sulfone groups is 1. The summed E-state index contributed by atoms with van der Waals surface area (Å²) in [5, 5.41) is 0. The van der Waals surface area contributed by atoms with Crippen LogP contribution in [0.15, 0.2) is 0 Å². The fourth-order valence-corrected chi connectivity index (χ4v) is 1.34. The number of ketones is 1. The van der Waals surface area contributed by atoms with Crippen molar-refractivity contribution in [3.8, 4) is 0 Å². The van der Waals surface area contributed by atoms with Crippen LogP contribution in [0.4, 0.5) is 0 Å². The van der Waals surface area contributed by atoms with Crippen molar-refractivity contribution in [1.29, 1.82) is 0 Å². The van der Waals surface area contributed by atoms with Gasteiger partial charge in [-0.25, -0.2) is 8.42 Å². The van der Waals surface area contributed by atoms with Gasteiger partial charge in [-0.1, -0.05) is 0 Å². The van der Waals surface area contributed by atoms with Gasteiger partial charge in [-0.05, 0) is 0 Å². The molecule has 0 aliphatic carbocycles. The summed E-state index contributed by atoms with van der Waals surface area (Å²) in [6, 6.07) is 0. The van der Waals surface area contributed by atoms with E-state index >= 15 is 0 Å². The molecule has 0 amide bonds. The molecule has 0 unspecified atom stereocenters. The van der Waals surface area contributed by atoms with Crippen LogP contribution in [0.5, 0.6) is 0 Å². The Morgan fingerprint density at radius 3 is 1.71 bits per heavy atom. The molecule has 1 heterocycles. The van der Waals surface area contributed by atoms with E-state index in [1.807, 2.05) is 0 Å². The van der Waals surface area contributed by atoms with Crippen LogP contribution in [-0.4, -0.2) is 25.7 Å². The van der Waals surface area contributed by atoms with Crippen molar-refractivity contribution in [2.45, 2.75) is 0 Å². The van der Waals surface area contributed by atoms with Gasteiger partial charge >= 0.3 is 0 Å². The van der Waals surface area contributed by atoms with Gasteiger partial charge in [0.15, 0.2) is 15.6 Å². The third-order valence-corrected chi connectivity index (χ3v) is 2.29. The second-order valence-electron chi connectivity index (χ2n) is 1.57. The highest BCUT2D eigenvalue weighted by Gasteiger charge is 2.30. The average Bonchev–Trinajstić information content (AvgIpc) is 1.27. The fourth-order valence-electron chi connectivity index (χ4n) is 0.448. The van der Waals surface area contributed by atoms with Gasteiger partial charge < -0.3 is 0 Å². The molecule has 0 radical (unpaired) electrons. The molecule has 0 aromatic carbocycles. The van der Waals surface area contributed by atoms with Crippen LogP contribution in [0.25, 0.3) is 0 Å². The first-order chi connectivity index (χ1) is 3.10. The number of carbonyl (C=O) groups is 1. The van der Waals surface area contributed by atoms with Gasteiger partial charge in [-0.15, -0.1) is 0 Å². The highest BCUT2D eigenvalue weighted by molar-refractivity contribution is 7.95. The van der Waals surface area contributed by atoms with Crippen molar-refractivity contribution < 1.29 is 13.2 Å². The van der Waals surface area contributed by atoms with Crippen LogP contribution < -0.4 is 0 Å². The monoisotopic (exact) mass is 120 g/mol. The SMILES string of the molecule is O=C1CS(=O)(=O)C1. The first-order valence-electron chi connectivity index (χ1n) is 1.82. The summed E-state index contributed by atoms with van der Waals surface area (Å²) in [4.78, 5) is 9.94. The van der Waals surface area contributed by atoms with Gasteiger partial charge in [-0.3, -0.25) is 4.79 Å². The highest BCUT2D eigenvalue weighted by atomic mass is 32.2. The molecule has 1 aliphatic heterocycles. The van der Waals surface area contributed by atoms with E-state index in [9.17, 15) is 13.2 Å². The zero-order valence-corrected chi connectivity index (χ0v) is 4.36. The Kier molecular flexibility index (Phi) is 0.725. The summed E-state index contributed by atoms with van der Waals surface area (Å²) in [5.74, 6) is -0.625. The Morgan fingerprint density at radius 1 is 1.29 bits per heavy atom. The minimum Gasteiger partial charge on any atom is -0.297 e. The van der Waals surface area contributed by atoms with E-state index in [1.165, 1.54) is 0 Å². The molecule has 0 aromatic heterocycles. The molecule has 3 nitrogen and oxygen atoms in total. The van der Waals surface area contributed by atoms with Crippen molar-refractivity contribution in [1.82, 2.24) is 0 Å². The topological polar surface area (TPSA) is 51.2 Å². The number of hydrogen-bond acceptors (Lipinski definition) is 3. The predicted molar refractivity (Wildman–Crippen MR) is 23.7 cm³/mol. The molecule has 1 saturated heterocycles. The zero-order valence-electron chi connectivity index (χ0n) is 3.55. The summed E-state index contributed by atoms with van der Waals surface area (Å²) >= 11 is 0. The summed E-state index contributed by atoms with van der Waals surface area (Å²) < 4.78 is 20.2. The maximum Gasteiger partial charge on any atom is 0.164 e. The largest absolute Gasteiger partial charge is 0.297 e. The van der Waals surface area contributed by atoms with E-state index in [2.05, 4.69) is 0 Å². The van der Waals surface area contributed by atoms with Crippen molar-refractivity contribution in [2.75, 3.05) is 11.5 Å². The van der Waals surface area contributed by atoms with Gasteiger partial charge in [0.25, 0.3) is 0 Å². The first kappa shape index (κ1) is 4.77. The summed E-state index contributed by atoms with van der Waals surface area (Å²) in [6.45, 7) is 0. The lowest BCUT2D eigenvalue weighted by atomic mass is 10.5. The third kappa shape index (κ3) is 0.796. The fraction of sp³-hybridized carbons (Fsp3) is 0.667.